The van der Waals surface area contributed by atoms with E-state index in [-0.39, 0.29) is 49.6 Å². The Morgan fingerprint density at radius 3 is 2.48 bits per heavy atom. The molecule has 0 spiro atoms. The molecule has 0 saturated carbocycles. The van der Waals surface area contributed by atoms with Crippen LogP contribution in [0.1, 0.15) is 80.6 Å². The van der Waals surface area contributed by atoms with Crippen molar-refractivity contribution in [1.82, 2.24) is 10.3 Å². The summed E-state index contributed by atoms with van der Waals surface area (Å²) in [4.78, 5) is 44.9. The van der Waals surface area contributed by atoms with Gasteiger partial charge in [0.15, 0.2) is 0 Å². The predicted octanol–water partition coefficient (Wildman–Crippen LogP) is 6.89. The summed E-state index contributed by atoms with van der Waals surface area (Å²) >= 11 is 0. The number of rotatable bonds is 14. The van der Waals surface area contributed by atoms with Crippen LogP contribution in [0.2, 0.25) is 0 Å². The van der Waals surface area contributed by atoms with Gasteiger partial charge in [-0.2, -0.15) is 0 Å². The molecule has 0 bridgehead atoms. The van der Waals surface area contributed by atoms with Crippen molar-refractivity contribution in [2.75, 3.05) is 17.2 Å². The summed E-state index contributed by atoms with van der Waals surface area (Å²) in [5, 5.41) is 20.3. The largest absolute Gasteiger partial charge is 0.491 e. The Balaban J connectivity index is 1.81. The average molecular weight is 659 g/mol. The number of nitrogens with zero attached hydrogens (tertiary/aromatic N) is 4. The van der Waals surface area contributed by atoms with E-state index in [1.54, 1.807) is 76.4 Å². The zero-order valence-corrected chi connectivity index (χ0v) is 28.0. The van der Waals surface area contributed by atoms with Crippen molar-refractivity contribution in [3.8, 4) is 5.75 Å². The highest BCUT2D eigenvalue weighted by Gasteiger charge is 2.19. The number of anilines is 2. The van der Waals surface area contributed by atoms with Gasteiger partial charge in [-0.1, -0.05) is 11.2 Å². The molecule has 0 radical (unpaired) electrons. The van der Waals surface area contributed by atoms with E-state index < -0.39 is 17.6 Å². The molecule has 0 atom stereocenters. The second kappa shape index (κ2) is 17.3. The molecule has 2 amide bonds. The Labute approximate surface area is 279 Å². The van der Waals surface area contributed by atoms with Crippen LogP contribution in [0.5, 0.6) is 5.75 Å². The van der Waals surface area contributed by atoms with Crippen molar-refractivity contribution in [2.24, 2.45) is 5.11 Å². The molecule has 0 unspecified atom stereocenters. The first kappa shape index (κ1) is 36.8. The Hall–Kier alpha value is -5.62. The molecule has 0 saturated heterocycles. The summed E-state index contributed by atoms with van der Waals surface area (Å²) in [7, 11) is 0. The van der Waals surface area contributed by atoms with E-state index in [0.717, 1.165) is 16.7 Å². The number of hydrogen-bond acceptors (Lipinski definition) is 10. The van der Waals surface area contributed by atoms with E-state index in [1.807, 2.05) is 19.9 Å². The van der Waals surface area contributed by atoms with Gasteiger partial charge in [0.1, 0.15) is 23.0 Å². The quantitative estimate of drug-likeness (QED) is 0.0358. The highest BCUT2D eigenvalue weighted by molar-refractivity contribution is 6.08. The first-order chi connectivity index (χ1) is 22.8. The van der Waals surface area contributed by atoms with Crippen LogP contribution in [-0.4, -0.2) is 47.1 Å². The van der Waals surface area contributed by atoms with E-state index >= 15 is 0 Å². The monoisotopic (exact) mass is 658 g/mol. The number of nitrogens with one attached hydrogen (secondary N) is 4. The molecule has 4 N–H and O–H groups in total. The minimum atomic E-state index is -0.737. The second-order valence-electron chi connectivity index (χ2n) is 11.9. The Bertz CT molecular complexity index is 1660. The third-order valence-corrected chi connectivity index (χ3v) is 6.48. The lowest BCUT2D eigenvalue weighted by Gasteiger charge is -2.20. The molecule has 0 aliphatic carbocycles. The molecule has 254 valence electrons. The zero-order valence-electron chi connectivity index (χ0n) is 28.0. The first-order valence-electron chi connectivity index (χ1n) is 15.5. The summed E-state index contributed by atoms with van der Waals surface area (Å²) < 4.78 is 16.4. The number of aromatic nitrogens is 1. The lowest BCUT2D eigenvalue weighted by molar-refractivity contribution is -0.143. The Morgan fingerprint density at radius 2 is 1.83 bits per heavy atom. The highest BCUT2D eigenvalue weighted by Crippen LogP contribution is 2.29. The van der Waals surface area contributed by atoms with Gasteiger partial charge in [0.05, 0.1) is 24.8 Å². The smallest absolute Gasteiger partial charge is 0.413 e. The number of esters is 1. The van der Waals surface area contributed by atoms with Crippen molar-refractivity contribution in [3.05, 3.63) is 93.0 Å². The number of alkyl carbamates (subject to hydrolysis) is 1. The van der Waals surface area contributed by atoms with Crippen LogP contribution < -0.4 is 20.7 Å². The number of hydrogen-bond donors (Lipinski definition) is 4. The SMILES string of the molecule is CCOC(=O)CCc1c(CNc2ncccc2C(=O)Nc2ccc(C(=N)NC(=O)OC(C)(C)C)cc2)cc(CN=[N+]=[N-])cc1OC(C)C. The second-order valence-corrected chi connectivity index (χ2v) is 11.9. The van der Waals surface area contributed by atoms with Crippen LogP contribution in [0.15, 0.2) is 59.8 Å². The topological polar surface area (TPSA) is 200 Å². The molecule has 14 nitrogen and oxygen atoms in total. The molecule has 0 aliphatic rings. The van der Waals surface area contributed by atoms with E-state index in [1.165, 1.54) is 0 Å². The molecule has 0 fully saturated rings. The van der Waals surface area contributed by atoms with E-state index in [2.05, 4.69) is 31.0 Å². The zero-order chi connectivity index (χ0) is 35.3. The Morgan fingerprint density at radius 1 is 1.10 bits per heavy atom. The van der Waals surface area contributed by atoms with Gasteiger partial charge in [0.25, 0.3) is 5.91 Å². The maximum atomic E-state index is 13.4. The van der Waals surface area contributed by atoms with E-state index in [4.69, 9.17) is 25.2 Å². The fourth-order valence-electron chi connectivity index (χ4n) is 4.54. The van der Waals surface area contributed by atoms with Crippen LogP contribution in [0.4, 0.5) is 16.3 Å². The third-order valence-electron chi connectivity index (χ3n) is 6.48. The molecule has 3 rings (SSSR count). The lowest BCUT2D eigenvalue weighted by Crippen LogP contribution is -2.36. The van der Waals surface area contributed by atoms with Gasteiger partial charge >= 0.3 is 12.1 Å². The van der Waals surface area contributed by atoms with Gasteiger partial charge in [0, 0.05) is 35.3 Å². The molecule has 14 heteroatoms. The fourth-order valence-corrected chi connectivity index (χ4v) is 4.54. The maximum absolute atomic E-state index is 13.4. The lowest BCUT2D eigenvalue weighted by atomic mass is 9.98. The molecular formula is C34H42N8O6. The Kier molecular flexibility index (Phi) is 13.3. The summed E-state index contributed by atoms with van der Waals surface area (Å²) in [5.74, 6) is -0.0266. The van der Waals surface area contributed by atoms with Crippen molar-refractivity contribution in [2.45, 2.75) is 79.2 Å². The average Bonchev–Trinajstić information content (AvgIpc) is 3.01. The van der Waals surface area contributed by atoms with Crippen molar-refractivity contribution in [3.63, 3.8) is 0 Å². The molecular weight excluding hydrogens is 616 g/mol. The van der Waals surface area contributed by atoms with E-state index in [0.29, 0.717) is 29.2 Å². The van der Waals surface area contributed by atoms with Gasteiger partial charge in [0.2, 0.25) is 0 Å². The number of azide groups is 1. The standard InChI is InChI=1S/C34H42N8O6/c1-7-46-29(43)15-14-26-24(17-22(19-39-42-36)18-28(26)47-21(2)3)20-38-31-27(9-8-16-37-31)32(44)40-25-12-10-23(11-13-25)30(35)41-33(45)48-34(4,5)6/h8-13,16-18,21H,7,14-15,19-20H2,1-6H3,(H,37,38)(H,40,44)(H2,35,41,45). The molecule has 1 heterocycles. The van der Waals surface area contributed by atoms with Crippen LogP contribution in [-0.2, 0) is 33.8 Å². The fraction of sp³-hybridized carbons (Fsp3) is 0.382. The van der Waals surface area contributed by atoms with Crippen molar-refractivity contribution < 1.29 is 28.6 Å². The minimum Gasteiger partial charge on any atom is -0.491 e. The summed E-state index contributed by atoms with van der Waals surface area (Å²) in [6.07, 6.45) is 1.14. The van der Waals surface area contributed by atoms with Gasteiger partial charge in [-0.05, 0) is 113 Å². The summed E-state index contributed by atoms with van der Waals surface area (Å²) in [6, 6.07) is 13.4. The number of ether oxygens (including phenoxy) is 3. The van der Waals surface area contributed by atoms with Crippen LogP contribution in [0.3, 0.4) is 0 Å². The first-order valence-corrected chi connectivity index (χ1v) is 15.5. The maximum Gasteiger partial charge on any atom is 0.413 e. The van der Waals surface area contributed by atoms with Crippen LogP contribution in [0.25, 0.3) is 10.4 Å². The molecule has 48 heavy (non-hydrogen) atoms. The molecule has 0 aliphatic heterocycles. The normalized spacial score (nSPS) is 10.8. The number of carbonyl (C=O) groups is 3. The predicted molar refractivity (Wildman–Crippen MR) is 182 cm³/mol. The third kappa shape index (κ3) is 11.6. The van der Waals surface area contributed by atoms with Crippen LogP contribution >= 0.6 is 0 Å². The molecule has 3 aromatic rings. The molecule has 2 aromatic carbocycles. The highest BCUT2D eigenvalue weighted by atomic mass is 16.6. The molecule has 1 aromatic heterocycles. The van der Waals surface area contributed by atoms with Gasteiger partial charge in [-0.25, -0.2) is 9.78 Å². The number of amidine groups is 1. The van der Waals surface area contributed by atoms with Gasteiger partial charge in [-0.3, -0.25) is 20.3 Å². The summed E-state index contributed by atoms with van der Waals surface area (Å²) in [6.45, 7) is 11.3. The number of amides is 2. The minimum absolute atomic E-state index is 0.0999. The van der Waals surface area contributed by atoms with Gasteiger partial charge in [-0.15, -0.1) is 0 Å². The van der Waals surface area contributed by atoms with Crippen molar-refractivity contribution >= 4 is 35.3 Å². The van der Waals surface area contributed by atoms with Crippen molar-refractivity contribution in [1.29, 1.82) is 5.41 Å². The van der Waals surface area contributed by atoms with Crippen LogP contribution in [0, 0.1) is 5.41 Å². The summed E-state index contributed by atoms with van der Waals surface area (Å²) in [5.41, 5.74) is 11.6. The van der Waals surface area contributed by atoms with Gasteiger partial charge < -0.3 is 24.8 Å². The number of benzene rings is 2. The van der Waals surface area contributed by atoms with E-state index in [9.17, 15) is 14.4 Å². The number of carbonyl (C=O) groups excluding carboxylic acids is 3. The number of pyridine rings is 1.